The van der Waals surface area contributed by atoms with Crippen molar-refractivity contribution in [3.63, 3.8) is 0 Å². The van der Waals surface area contributed by atoms with Gasteiger partial charge in [-0.25, -0.2) is 0 Å². The van der Waals surface area contributed by atoms with Crippen LogP contribution in [0, 0.1) is 5.92 Å². The van der Waals surface area contributed by atoms with E-state index >= 15 is 0 Å². The van der Waals surface area contributed by atoms with Gasteiger partial charge in [-0.2, -0.15) is 0 Å². The Morgan fingerprint density at radius 3 is 2.18 bits per heavy atom. The summed E-state index contributed by atoms with van der Waals surface area (Å²) in [5, 5.41) is 11.5. The van der Waals surface area contributed by atoms with Gasteiger partial charge in [-0.1, -0.05) is 46.0 Å². The van der Waals surface area contributed by atoms with Crippen molar-refractivity contribution >= 4 is 0 Å². The molecule has 1 aliphatic rings. The molecule has 0 radical (unpaired) electrons. The molecule has 0 aromatic heterocycles. The zero-order chi connectivity index (χ0) is 12.9. The van der Waals surface area contributed by atoms with Gasteiger partial charge in [0.2, 0.25) is 0 Å². The molecule has 1 aliphatic carbocycles. The van der Waals surface area contributed by atoms with Crippen molar-refractivity contribution in [2.45, 2.75) is 77.7 Å². The number of nitrogens with one attached hydrogen (secondary N) is 1. The zero-order valence-corrected chi connectivity index (χ0v) is 12.2. The Kier molecular flexibility index (Phi) is 12.3. The van der Waals surface area contributed by atoms with Crippen LogP contribution < -0.4 is 5.32 Å². The van der Waals surface area contributed by atoms with Crippen molar-refractivity contribution in [3.05, 3.63) is 0 Å². The summed E-state index contributed by atoms with van der Waals surface area (Å²) in [5.74, 6) is 0.976. The summed E-state index contributed by atoms with van der Waals surface area (Å²) in [6.07, 6.45) is 12.0. The first-order valence-electron chi connectivity index (χ1n) is 7.58. The molecular formula is C15H33NO. The molecule has 1 rings (SSSR count). The Hall–Kier alpha value is -0.0800. The Morgan fingerprint density at radius 2 is 1.71 bits per heavy atom. The van der Waals surface area contributed by atoms with Gasteiger partial charge in [0.25, 0.3) is 0 Å². The third-order valence-electron chi connectivity index (χ3n) is 3.72. The van der Waals surface area contributed by atoms with Crippen LogP contribution in [0.5, 0.6) is 0 Å². The van der Waals surface area contributed by atoms with E-state index in [-0.39, 0.29) is 0 Å². The number of unbranched alkanes of at least 4 members (excludes halogenated alkanes) is 2. The van der Waals surface area contributed by atoms with Crippen LogP contribution in [0.15, 0.2) is 0 Å². The molecule has 2 atom stereocenters. The third kappa shape index (κ3) is 8.62. The average Bonchev–Trinajstić information content (AvgIpc) is 2.38. The quantitative estimate of drug-likeness (QED) is 0.745. The molecule has 0 amide bonds. The normalized spacial score (nSPS) is 24.0. The molecule has 0 aromatic carbocycles. The minimum atomic E-state index is 0.344. The van der Waals surface area contributed by atoms with Crippen LogP contribution in [0.3, 0.4) is 0 Å². The Bertz CT molecular complexity index is 148. The maximum absolute atomic E-state index is 8.07. The lowest BCUT2D eigenvalue weighted by Gasteiger charge is -2.31. The maximum Gasteiger partial charge on any atom is 0.0430 e. The van der Waals surface area contributed by atoms with Crippen LogP contribution in [0.2, 0.25) is 0 Å². The van der Waals surface area contributed by atoms with Crippen LogP contribution in [-0.4, -0.2) is 24.8 Å². The lowest BCUT2D eigenvalue weighted by Crippen LogP contribution is -2.35. The van der Waals surface area contributed by atoms with Gasteiger partial charge in [0, 0.05) is 12.6 Å². The Balaban J connectivity index is 0.000000437. The summed E-state index contributed by atoms with van der Waals surface area (Å²) in [6, 6.07) is 0.824. The van der Waals surface area contributed by atoms with Gasteiger partial charge in [-0.3, -0.25) is 0 Å². The number of hydrogen-bond donors (Lipinski definition) is 2. The highest BCUT2D eigenvalue weighted by molar-refractivity contribution is 4.79. The van der Waals surface area contributed by atoms with Crippen LogP contribution in [0.4, 0.5) is 0 Å². The molecule has 0 aromatic rings. The van der Waals surface area contributed by atoms with Crippen LogP contribution in [0.25, 0.3) is 0 Å². The largest absolute Gasteiger partial charge is 0.396 e. The zero-order valence-electron chi connectivity index (χ0n) is 12.2. The lowest BCUT2D eigenvalue weighted by atomic mass is 9.81. The lowest BCUT2D eigenvalue weighted by molar-refractivity contribution is 0.255. The van der Waals surface area contributed by atoms with Crippen molar-refractivity contribution in [2.75, 3.05) is 13.7 Å². The van der Waals surface area contributed by atoms with Crippen molar-refractivity contribution in [1.29, 1.82) is 0 Å². The highest BCUT2D eigenvalue weighted by atomic mass is 16.2. The van der Waals surface area contributed by atoms with Gasteiger partial charge in [-0.05, 0) is 38.6 Å². The van der Waals surface area contributed by atoms with Crippen molar-refractivity contribution in [3.8, 4) is 0 Å². The Labute approximate surface area is 108 Å². The fraction of sp³-hybridized carbons (Fsp3) is 1.00. The van der Waals surface area contributed by atoms with E-state index in [0.29, 0.717) is 6.61 Å². The smallest absolute Gasteiger partial charge is 0.0430 e. The second kappa shape index (κ2) is 12.4. The number of rotatable bonds is 6. The van der Waals surface area contributed by atoms with E-state index in [0.717, 1.165) is 24.8 Å². The molecule has 2 N–H and O–H groups in total. The monoisotopic (exact) mass is 243 g/mol. The fourth-order valence-electron chi connectivity index (χ4n) is 2.56. The van der Waals surface area contributed by atoms with E-state index in [4.69, 9.17) is 5.11 Å². The maximum atomic E-state index is 8.07. The number of hydrogen-bond acceptors (Lipinski definition) is 2. The van der Waals surface area contributed by atoms with Gasteiger partial charge in [0.05, 0.1) is 0 Å². The molecule has 1 saturated carbocycles. The standard InChI is InChI=1S/C11H23N.C4H10O/c1-3-4-7-10-8-5-6-9-11(10)12-2;1-2-3-4-5/h10-12H,3-9H2,1-2H3;5H,2-4H2,1H3. The summed E-state index contributed by atoms with van der Waals surface area (Å²) < 4.78 is 0. The predicted octanol–water partition coefficient (Wildman–Crippen LogP) is 3.73. The van der Waals surface area contributed by atoms with Gasteiger partial charge >= 0.3 is 0 Å². The second-order valence-electron chi connectivity index (χ2n) is 5.16. The first-order valence-corrected chi connectivity index (χ1v) is 7.58. The second-order valence-corrected chi connectivity index (χ2v) is 5.16. The van der Waals surface area contributed by atoms with Crippen molar-refractivity contribution in [2.24, 2.45) is 5.92 Å². The molecule has 104 valence electrons. The number of aliphatic hydroxyl groups is 1. The third-order valence-corrected chi connectivity index (χ3v) is 3.72. The number of aliphatic hydroxyl groups excluding tert-OH is 1. The Morgan fingerprint density at radius 1 is 1.06 bits per heavy atom. The molecule has 0 bridgehead atoms. The van der Waals surface area contributed by atoms with E-state index in [1.807, 2.05) is 0 Å². The van der Waals surface area contributed by atoms with E-state index in [9.17, 15) is 0 Å². The highest BCUT2D eigenvalue weighted by Gasteiger charge is 2.22. The summed E-state index contributed by atoms with van der Waals surface area (Å²) in [5.41, 5.74) is 0. The molecular weight excluding hydrogens is 210 g/mol. The minimum absolute atomic E-state index is 0.344. The van der Waals surface area contributed by atoms with Crippen molar-refractivity contribution < 1.29 is 5.11 Å². The first-order chi connectivity index (χ1) is 8.29. The summed E-state index contributed by atoms with van der Waals surface area (Å²) in [7, 11) is 2.12. The summed E-state index contributed by atoms with van der Waals surface area (Å²) in [6.45, 7) is 4.68. The molecule has 2 unspecified atom stereocenters. The SMILES string of the molecule is CCCCC1CCCCC1NC.CCCCO. The van der Waals surface area contributed by atoms with Gasteiger partial charge in [0.15, 0.2) is 0 Å². The highest BCUT2D eigenvalue weighted by Crippen LogP contribution is 2.28. The van der Waals surface area contributed by atoms with Crippen molar-refractivity contribution in [1.82, 2.24) is 5.32 Å². The van der Waals surface area contributed by atoms with E-state index in [2.05, 4.69) is 26.2 Å². The van der Waals surface area contributed by atoms with Crippen LogP contribution >= 0.6 is 0 Å². The van der Waals surface area contributed by atoms with E-state index in [1.54, 1.807) is 0 Å². The van der Waals surface area contributed by atoms with E-state index < -0.39 is 0 Å². The van der Waals surface area contributed by atoms with Gasteiger partial charge in [0.1, 0.15) is 0 Å². The molecule has 0 aliphatic heterocycles. The van der Waals surface area contributed by atoms with Crippen LogP contribution in [0.1, 0.15) is 71.6 Å². The molecule has 17 heavy (non-hydrogen) atoms. The van der Waals surface area contributed by atoms with Gasteiger partial charge < -0.3 is 10.4 Å². The fourth-order valence-corrected chi connectivity index (χ4v) is 2.56. The first kappa shape index (κ1) is 16.9. The molecule has 0 heterocycles. The predicted molar refractivity (Wildman–Crippen MR) is 76.3 cm³/mol. The van der Waals surface area contributed by atoms with Gasteiger partial charge in [-0.15, -0.1) is 0 Å². The van der Waals surface area contributed by atoms with E-state index in [1.165, 1.54) is 44.9 Å². The minimum Gasteiger partial charge on any atom is -0.396 e. The molecule has 2 heteroatoms. The topological polar surface area (TPSA) is 32.3 Å². The molecule has 0 saturated heterocycles. The average molecular weight is 243 g/mol. The summed E-state index contributed by atoms with van der Waals surface area (Å²) >= 11 is 0. The summed E-state index contributed by atoms with van der Waals surface area (Å²) in [4.78, 5) is 0. The molecule has 1 fully saturated rings. The van der Waals surface area contributed by atoms with Crippen LogP contribution in [-0.2, 0) is 0 Å². The molecule has 0 spiro atoms. The molecule has 2 nitrogen and oxygen atoms in total.